The number of ether oxygens (including phenoxy) is 2. The Balaban J connectivity index is 1.61. The van der Waals surface area contributed by atoms with Gasteiger partial charge in [-0.3, -0.25) is 19.5 Å². The van der Waals surface area contributed by atoms with Gasteiger partial charge in [0.05, 0.1) is 23.7 Å². The van der Waals surface area contributed by atoms with E-state index < -0.39 is 0 Å². The van der Waals surface area contributed by atoms with Crippen molar-refractivity contribution in [3.8, 4) is 11.5 Å². The number of hydrogen-bond donors (Lipinski definition) is 1. The Bertz CT molecular complexity index is 1030. The van der Waals surface area contributed by atoms with Gasteiger partial charge in [0.2, 0.25) is 5.78 Å². The number of fused-ring (bicyclic) bond motifs is 1. The Morgan fingerprint density at radius 3 is 3.03 bits per heavy atom. The number of carbonyl (C=O) groups is 2. The quantitative estimate of drug-likeness (QED) is 0.583. The fourth-order valence-corrected chi connectivity index (χ4v) is 4.22. The molecule has 0 unspecified atom stereocenters. The van der Waals surface area contributed by atoms with E-state index in [0.29, 0.717) is 42.1 Å². The van der Waals surface area contributed by atoms with Crippen molar-refractivity contribution in [1.82, 2.24) is 9.88 Å². The molecule has 1 N–H and O–H groups in total. The zero-order valence-electron chi connectivity index (χ0n) is 17.8. The van der Waals surface area contributed by atoms with Crippen LogP contribution in [-0.2, 0) is 16.1 Å². The Labute approximate surface area is 181 Å². The van der Waals surface area contributed by atoms with Gasteiger partial charge >= 0.3 is 5.97 Å². The maximum absolute atomic E-state index is 13.0. The van der Waals surface area contributed by atoms with Crippen LogP contribution in [0.4, 0.5) is 0 Å². The van der Waals surface area contributed by atoms with Crippen LogP contribution in [0.2, 0.25) is 0 Å². The van der Waals surface area contributed by atoms with Gasteiger partial charge in [0.15, 0.2) is 5.76 Å². The number of piperidine rings is 1. The number of aromatic hydroxyl groups is 1. The van der Waals surface area contributed by atoms with Crippen LogP contribution < -0.4 is 4.74 Å². The highest BCUT2D eigenvalue weighted by Crippen LogP contribution is 2.42. The first-order valence-corrected chi connectivity index (χ1v) is 10.6. The first-order chi connectivity index (χ1) is 15.0. The lowest BCUT2D eigenvalue weighted by Gasteiger charge is -2.31. The molecule has 2 aliphatic rings. The Kier molecular flexibility index (Phi) is 6.04. The Hall–Kier alpha value is -3.19. The van der Waals surface area contributed by atoms with E-state index in [1.54, 1.807) is 44.4 Å². The van der Waals surface area contributed by atoms with Crippen molar-refractivity contribution in [3.63, 3.8) is 0 Å². The lowest BCUT2D eigenvalue weighted by atomic mass is 9.96. The number of benzene rings is 1. The first kappa shape index (κ1) is 21.1. The molecule has 7 heteroatoms. The number of Topliss-reactive ketones (excluding diaryl/α,β-unsaturated/α-hetero) is 1. The van der Waals surface area contributed by atoms with Gasteiger partial charge in [-0.2, -0.15) is 0 Å². The average molecular weight is 422 g/mol. The van der Waals surface area contributed by atoms with Crippen LogP contribution in [0.1, 0.15) is 46.8 Å². The Morgan fingerprint density at radius 1 is 1.45 bits per heavy atom. The van der Waals surface area contributed by atoms with Gasteiger partial charge in [0, 0.05) is 25.5 Å². The van der Waals surface area contributed by atoms with E-state index in [1.165, 1.54) is 0 Å². The number of hydrogen-bond acceptors (Lipinski definition) is 7. The lowest BCUT2D eigenvalue weighted by molar-refractivity contribution is -0.150. The molecule has 1 saturated heterocycles. The largest absolute Gasteiger partial charge is 0.507 e. The monoisotopic (exact) mass is 422 g/mol. The van der Waals surface area contributed by atoms with Gasteiger partial charge in [0.25, 0.3) is 0 Å². The van der Waals surface area contributed by atoms with Gasteiger partial charge in [-0.05, 0) is 62.6 Å². The molecule has 1 fully saturated rings. The maximum atomic E-state index is 13.0. The van der Waals surface area contributed by atoms with E-state index in [2.05, 4.69) is 9.88 Å². The summed E-state index contributed by atoms with van der Waals surface area (Å²) in [6, 6.07) is 5.24. The van der Waals surface area contributed by atoms with Crippen molar-refractivity contribution in [2.24, 2.45) is 5.92 Å². The lowest BCUT2D eigenvalue weighted by Crippen LogP contribution is -2.39. The second-order valence-corrected chi connectivity index (χ2v) is 7.95. The summed E-state index contributed by atoms with van der Waals surface area (Å²) in [7, 11) is 0. The van der Waals surface area contributed by atoms with E-state index in [1.807, 2.05) is 6.07 Å². The zero-order valence-corrected chi connectivity index (χ0v) is 17.8. The molecule has 162 valence electrons. The summed E-state index contributed by atoms with van der Waals surface area (Å²) in [5.41, 5.74) is 2.46. The van der Waals surface area contributed by atoms with Crippen molar-refractivity contribution >= 4 is 17.8 Å². The van der Waals surface area contributed by atoms with Crippen LogP contribution in [-0.4, -0.2) is 46.4 Å². The number of rotatable bonds is 5. The van der Waals surface area contributed by atoms with Crippen LogP contribution in [0.25, 0.3) is 6.08 Å². The molecule has 2 aromatic rings. The van der Waals surface area contributed by atoms with Crippen LogP contribution >= 0.6 is 0 Å². The van der Waals surface area contributed by atoms with Gasteiger partial charge in [-0.1, -0.05) is 6.07 Å². The van der Waals surface area contributed by atoms with E-state index in [4.69, 9.17) is 9.47 Å². The summed E-state index contributed by atoms with van der Waals surface area (Å²) in [5.74, 6) is 0.124. The van der Waals surface area contributed by atoms with E-state index in [9.17, 15) is 14.7 Å². The molecule has 0 radical (unpaired) electrons. The van der Waals surface area contributed by atoms with Gasteiger partial charge < -0.3 is 14.6 Å². The summed E-state index contributed by atoms with van der Waals surface area (Å²) in [6.45, 7) is 5.68. The van der Waals surface area contributed by atoms with Crippen molar-refractivity contribution in [2.45, 2.75) is 33.2 Å². The number of aromatic nitrogens is 1. The highest BCUT2D eigenvalue weighted by molar-refractivity contribution is 6.15. The van der Waals surface area contributed by atoms with Crippen molar-refractivity contribution in [1.29, 1.82) is 0 Å². The topological polar surface area (TPSA) is 89.0 Å². The predicted molar refractivity (Wildman–Crippen MR) is 115 cm³/mol. The number of likely N-dealkylation sites (tertiary alicyclic amines) is 1. The summed E-state index contributed by atoms with van der Waals surface area (Å²) < 4.78 is 11.2. The van der Waals surface area contributed by atoms with Crippen molar-refractivity contribution in [2.75, 3.05) is 19.7 Å². The molecular weight excluding hydrogens is 396 g/mol. The third-order valence-corrected chi connectivity index (χ3v) is 5.71. The summed E-state index contributed by atoms with van der Waals surface area (Å²) in [5, 5.41) is 10.7. The second-order valence-electron chi connectivity index (χ2n) is 7.95. The molecule has 0 amide bonds. The second kappa shape index (κ2) is 8.89. The number of allylic oxidation sites excluding steroid dienone is 1. The van der Waals surface area contributed by atoms with Crippen LogP contribution in [0.3, 0.4) is 0 Å². The van der Waals surface area contributed by atoms with E-state index in [0.717, 1.165) is 24.9 Å². The number of aryl methyl sites for hydroxylation is 1. The fraction of sp³-hybridized carbons (Fsp3) is 0.375. The maximum Gasteiger partial charge on any atom is 0.310 e. The van der Waals surface area contributed by atoms with Gasteiger partial charge in [0.1, 0.15) is 11.5 Å². The van der Waals surface area contributed by atoms with Crippen LogP contribution in [0, 0.1) is 12.8 Å². The molecule has 0 saturated carbocycles. The molecule has 1 aromatic carbocycles. The number of carbonyl (C=O) groups excluding carboxylic acids is 2. The molecule has 4 rings (SSSR count). The fourth-order valence-electron chi connectivity index (χ4n) is 4.22. The minimum atomic E-state index is -0.208. The molecule has 31 heavy (non-hydrogen) atoms. The van der Waals surface area contributed by atoms with Gasteiger partial charge in [-0.15, -0.1) is 0 Å². The number of phenolic OH excluding ortho intramolecular Hbond substituents is 1. The Morgan fingerprint density at radius 2 is 2.29 bits per heavy atom. The summed E-state index contributed by atoms with van der Waals surface area (Å²) in [6.07, 6.45) is 6.63. The minimum Gasteiger partial charge on any atom is -0.507 e. The molecule has 3 heterocycles. The standard InChI is InChI=1S/C24H26N2O5/c1-3-30-24(29)17-7-5-9-26(13-17)14-18-19(27)10-15(2)21-22(28)20(31-23(18)21)11-16-6-4-8-25-12-16/h4,6,8,10-12,17,27H,3,5,7,9,13-14H2,1-2H3/b20-11-/t17-/m0/s1. The van der Waals surface area contributed by atoms with Crippen molar-refractivity contribution < 1.29 is 24.2 Å². The molecule has 2 aliphatic heterocycles. The average Bonchev–Trinajstić information content (AvgIpc) is 3.08. The molecule has 1 atom stereocenters. The molecule has 1 aromatic heterocycles. The first-order valence-electron chi connectivity index (χ1n) is 10.6. The smallest absolute Gasteiger partial charge is 0.310 e. The van der Waals surface area contributed by atoms with E-state index in [-0.39, 0.29) is 29.2 Å². The summed E-state index contributed by atoms with van der Waals surface area (Å²) >= 11 is 0. The van der Waals surface area contributed by atoms with Crippen molar-refractivity contribution in [3.05, 3.63) is 58.6 Å². The minimum absolute atomic E-state index is 0.0879. The predicted octanol–water partition coefficient (Wildman–Crippen LogP) is 3.49. The number of pyridine rings is 1. The molecule has 0 aliphatic carbocycles. The molecule has 0 bridgehead atoms. The third-order valence-electron chi connectivity index (χ3n) is 5.71. The number of nitrogens with zero attached hydrogens (tertiary/aromatic N) is 2. The normalized spacial score (nSPS) is 19.9. The number of esters is 1. The highest BCUT2D eigenvalue weighted by atomic mass is 16.5. The van der Waals surface area contributed by atoms with Crippen LogP contribution in [0.15, 0.2) is 36.4 Å². The van der Waals surface area contributed by atoms with E-state index >= 15 is 0 Å². The van der Waals surface area contributed by atoms with Crippen LogP contribution in [0.5, 0.6) is 11.5 Å². The molecule has 7 nitrogen and oxygen atoms in total. The van der Waals surface area contributed by atoms with Gasteiger partial charge in [-0.25, -0.2) is 0 Å². The zero-order chi connectivity index (χ0) is 22.0. The molecule has 0 spiro atoms. The summed E-state index contributed by atoms with van der Waals surface area (Å²) in [4.78, 5) is 31.4. The highest BCUT2D eigenvalue weighted by Gasteiger charge is 2.35. The SMILES string of the molecule is CCOC(=O)[C@H]1CCCN(Cc2c(O)cc(C)c3c2O/C(=C\c2cccnc2)C3=O)C1. The molecular formula is C24H26N2O5. The number of ketones is 1. The number of phenols is 1. The third kappa shape index (κ3) is 4.32.